The van der Waals surface area contributed by atoms with E-state index < -0.39 is 16.7 Å². The number of nitro groups is 1. The molecule has 0 radical (unpaired) electrons. The lowest BCUT2D eigenvalue weighted by Crippen LogP contribution is -2.04. The van der Waals surface area contributed by atoms with E-state index in [1.54, 1.807) is 6.92 Å². The molecule has 6 nitrogen and oxygen atoms in total. The Morgan fingerprint density at radius 1 is 1.60 bits per heavy atom. The van der Waals surface area contributed by atoms with Gasteiger partial charge in [-0.1, -0.05) is 6.92 Å². The first-order valence-electron chi connectivity index (χ1n) is 4.42. The summed E-state index contributed by atoms with van der Waals surface area (Å²) in [4.78, 5) is 10.0. The maximum Gasteiger partial charge on any atom is 0.301 e. The number of hydrogen-bond donors (Lipinski definition) is 3. The highest BCUT2D eigenvalue weighted by molar-refractivity contribution is 5.70. The Hall–Kier alpha value is -1.82. The number of nitro benzene ring substituents is 1. The molecule has 0 saturated heterocycles. The number of aromatic hydroxyl groups is 1. The van der Waals surface area contributed by atoms with Gasteiger partial charge in [0, 0.05) is 0 Å². The van der Waals surface area contributed by atoms with Gasteiger partial charge in [0.05, 0.1) is 16.6 Å². The Bertz CT molecular complexity index is 392. The van der Waals surface area contributed by atoms with E-state index in [9.17, 15) is 20.3 Å². The van der Waals surface area contributed by atoms with Crippen molar-refractivity contribution in [1.29, 1.82) is 0 Å². The molecule has 0 amide bonds. The van der Waals surface area contributed by atoms with Gasteiger partial charge in [0.15, 0.2) is 5.69 Å². The number of phenols is 1. The summed E-state index contributed by atoms with van der Waals surface area (Å²) in [5.41, 5.74) is 4.76. The van der Waals surface area contributed by atoms with Crippen molar-refractivity contribution in [3.8, 4) is 5.75 Å². The first kappa shape index (κ1) is 11.3. The molecule has 1 aromatic carbocycles. The molecule has 0 saturated carbocycles. The first-order valence-corrected chi connectivity index (χ1v) is 4.42. The van der Waals surface area contributed by atoms with Crippen LogP contribution >= 0.6 is 0 Å². The summed E-state index contributed by atoms with van der Waals surface area (Å²) in [6.45, 7) is 1.69. The van der Waals surface area contributed by atoms with Crippen LogP contribution in [0, 0.1) is 10.1 Å². The maximum absolute atomic E-state index is 10.7. The molecule has 0 aromatic heterocycles. The average molecular weight is 212 g/mol. The lowest BCUT2D eigenvalue weighted by Gasteiger charge is -2.10. The molecule has 6 heteroatoms. The molecule has 4 N–H and O–H groups in total. The highest BCUT2D eigenvalue weighted by Gasteiger charge is 2.24. The number of anilines is 1. The second-order valence-corrected chi connectivity index (χ2v) is 3.12. The van der Waals surface area contributed by atoms with Crippen molar-refractivity contribution in [3.05, 3.63) is 27.8 Å². The molecule has 1 unspecified atom stereocenters. The lowest BCUT2D eigenvalue weighted by atomic mass is 10.0. The fourth-order valence-electron chi connectivity index (χ4n) is 1.31. The van der Waals surface area contributed by atoms with Gasteiger partial charge in [0.1, 0.15) is 5.75 Å². The molecule has 0 aliphatic heterocycles. The van der Waals surface area contributed by atoms with Crippen LogP contribution in [0.3, 0.4) is 0 Å². The summed E-state index contributed by atoms with van der Waals surface area (Å²) in [6.07, 6.45) is -0.612. The second-order valence-electron chi connectivity index (χ2n) is 3.12. The van der Waals surface area contributed by atoms with Gasteiger partial charge < -0.3 is 15.9 Å². The van der Waals surface area contributed by atoms with Crippen LogP contribution in [0.5, 0.6) is 5.75 Å². The lowest BCUT2D eigenvalue weighted by molar-refractivity contribution is -0.385. The van der Waals surface area contributed by atoms with Crippen molar-refractivity contribution in [2.24, 2.45) is 0 Å². The quantitative estimate of drug-likeness (QED) is 0.303. The molecule has 1 atom stereocenters. The number of nitrogens with zero attached hydrogens (tertiary/aromatic N) is 1. The standard InChI is InChI=1S/C9H12N2O4/c1-2-6(12)5-3-4-7(13)8(10)9(5)11(14)15/h3-4,6,12-13H,2,10H2,1H3. The van der Waals surface area contributed by atoms with Crippen molar-refractivity contribution in [1.82, 2.24) is 0 Å². The zero-order valence-electron chi connectivity index (χ0n) is 8.17. The number of phenolic OH excluding ortho intramolecular Hbond substituents is 1. The Morgan fingerprint density at radius 3 is 2.67 bits per heavy atom. The van der Waals surface area contributed by atoms with E-state index in [2.05, 4.69) is 0 Å². The van der Waals surface area contributed by atoms with Crippen LogP contribution in [0.4, 0.5) is 11.4 Å². The highest BCUT2D eigenvalue weighted by atomic mass is 16.6. The summed E-state index contributed by atoms with van der Waals surface area (Å²) < 4.78 is 0. The fraction of sp³-hybridized carbons (Fsp3) is 0.333. The molecule has 0 fully saturated rings. The van der Waals surface area contributed by atoms with E-state index in [4.69, 9.17) is 5.73 Å². The Morgan fingerprint density at radius 2 is 2.20 bits per heavy atom. The second kappa shape index (κ2) is 4.14. The zero-order chi connectivity index (χ0) is 11.6. The monoisotopic (exact) mass is 212 g/mol. The van der Waals surface area contributed by atoms with Crippen molar-refractivity contribution in [2.45, 2.75) is 19.4 Å². The Kier molecular flexibility index (Phi) is 3.11. The molecule has 0 heterocycles. The largest absolute Gasteiger partial charge is 0.506 e. The van der Waals surface area contributed by atoms with Gasteiger partial charge in [0.25, 0.3) is 0 Å². The molecule has 0 aliphatic carbocycles. The number of aliphatic hydroxyl groups is 1. The van der Waals surface area contributed by atoms with Crippen molar-refractivity contribution in [2.75, 3.05) is 5.73 Å². The predicted octanol–water partition coefficient (Wildman–Crippen LogP) is 1.33. The van der Waals surface area contributed by atoms with E-state index in [1.807, 2.05) is 0 Å². The van der Waals surface area contributed by atoms with Crippen LogP contribution in [0.15, 0.2) is 12.1 Å². The number of nitrogen functional groups attached to an aromatic ring is 1. The summed E-state index contributed by atoms with van der Waals surface area (Å²) in [5.74, 6) is -0.353. The minimum atomic E-state index is -0.951. The molecule has 1 aromatic rings. The maximum atomic E-state index is 10.7. The molecular weight excluding hydrogens is 200 g/mol. The van der Waals surface area contributed by atoms with Crippen molar-refractivity contribution in [3.63, 3.8) is 0 Å². The fourth-order valence-corrected chi connectivity index (χ4v) is 1.31. The average Bonchev–Trinajstić information content (AvgIpc) is 2.20. The molecule has 15 heavy (non-hydrogen) atoms. The Balaban J connectivity index is 3.40. The van der Waals surface area contributed by atoms with E-state index in [1.165, 1.54) is 12.1 Å². The molecule has 0 aliphatic rings. The third-order valence-corrected chi connectivity index (χ3v) is 2.15. The number of aliphatic hydroxyl groups excluding tert-OH is 1. The Labute approximate surface area is 86.1 Å². The molecule has 0 bridgehead atoms. The van der Waals surface area contributed by atoms with Crippen LogP contribution in [0.2, 0.25) is 0 Å². The third kappa shape index (κ3) is 1.99. The first-order chi connectivity index (χ1) is 6.99. The van der Waals surface area contributed by atoms with Crippen LogP contribution in [0.1, 0.15) is 25.0 Å². The minimum Gasteiger partial charge on any atom is -0.506 e. The topological polar surface area (TPSA) is 110 Å². The van der Waals surface area contributed by atoms with Crippen LogP contribution in [-0.2, 0) is 0 Å². The third-order valence-electron chi connectivity index (χ3n) is 2.15. The number of nitrogens with two attached hydrogens (primary N) is 1. The van der Waals surface area contributed by atoms with Gasteiger partial charge in [-0.15, -0.1) is 0 Å². The van der Waals surface area contributed by atoms with Crippen LogP contribution in [0.25, 0.3) is 0 Å². The van der Waals surface area contributed by atoms with Gasteiger partial charge in [0.2, 0.25) is 0 Å². The normalized spacial score (nSPS) is 12.4. The minimum absolute atomic E-state index is 0.123. The number of rotatable bonds is 3. The van der Waals surface area contributed by atoms with Crippen LogP contribution < -0.4 is 5.73 Å². The van der Waals surface area contributed by atoms with Crippen molar-refractivity contribution >= 4 is 11.4 Å². The van der Waals surface area contributed by atoms with Gasteiger partial charge in [-0.05, 0) is 18.6 Å². The molecule has 0 spiro atoms. The summed E-state index contributed by atoms with van der Waals surface area (Å²) in [7, 11) is 0. The molecule has 1 rings (SSSR count). The molecular formula is C9H12N2O4. The van der Waals surface area contributed by atoms with Gasteiger partial charge >= 0.3 is 5.69 Å². The van der Waals surface area contributed by atoms with E-state index >= 15 is 0 Å². The van der Waals surface area contributed by atoms with E-state index in [0.29, 0.717) is 6.42 Å². The highest BCUT2D eigenvalue weighted by Crippen LogP contribution is 2.37. The van der Waals surface area contributed by atoms with E-state index in [-0.39, 0.29) is 17.0 Å². The van der Waals surface area contributed by atoms with Gasteiger partial charge in [-0.3, -0.25) is 10.1 Å². The van der Waals surface area contributed by atoms with Gasteiger partial charge in [-0.25, -0.2) is 0 Å². The SMILES string of the molecule is CCC(O)c1ccc(O)c(N)c1[N+](=O)[O-]. The summed E-state index contributed by atoms with van der Waals surface area (Å²) >= 11 is 0. The van der Waals surface area contributed by atoms with Crippen LogP contribution in [-0.4, -0.2) is 15.1 Å². The smallest absolute Gasteiger partial charge is 0.301 e. The van der Waals surface area contributed by atoms with E-state index in [0.717, 1.165) is 0 Å². The van der Waals surface area contributed by atoms with Gasteiger partial charge in [-0.2, -0.15) is 0 Å². The summed E-state index contributed by atoms with van der Waals surface area (Å²) in [5, 5.41) is 29.5. The molecule has 82 valence electrons. The zero-order valence-corrected chi connectivity index (χ0v) is 8.17. The summed E-state index contributed by atoms with van der Waals surface area (Å²) in [6, 6.07) is 2.54. The van der Waals surface area contributed by atoms with Crippen molar-refractivity contribution < 1.29 is 15.1 Å². The number of benzene rings is 1. The predicted molar refractivity (Wildman–Crippen MR) is 54.4 cm³/mol. The number of hydrogen-bond acceptors (Lipinski definition) is 5.